The molecule has 0 heterocycles. The Labute approximate surface area is 136 Å². The summed E-state index contributed by atoms with van der Waals surface area (Å²) in [5.74, 6) is -0.150. The second kappa shape index (κ2) is 7.28. The first-order chi connectivity index (χ1) is 10.9. The maximum absolute atomic E-state index is 12.3. The lowest BCUT2D eigenvalue weighted by Gasteiger charge is -2.10. The Morgan fingerprint density at radius 2 is 1.87 bits per heavy atom. The van der Waals surface area contributed by atoms with Gasteiger partial charge in [-0.1, -0.05) is 31.2 Å². The second-order valence-electron chi connectivity index (χ2n) is 5.08. The number of hydrogen-bond donors (Lipinski definition) is 1. The van der Waals surface area contributed by atoms with Gasteiger partial charge in [0.05, 0.1) is 11.5 Å². The highest BCUT2D eigenvalue weighted by Crippen LogP contribution is 2.16. The molecular weight excluding hydrogens is 314 g/mol. The molecule has 2 rings (SSSR count). The number of hydrogen-bond acceptors (Lipinski definition) is 4. The van der Waals surface area contributed by atoms with Crippen molar-refractivity contribution in [2.24, 2.45) is 0 Å². The van der Waals surface area contributed by atoms with Crippen LogP contribution in [0.1, 0.15) is 29.3 Å². The van der Waals surface area contributed by atoms with Gasteiger partial charge in [0.25, 0.3) is 15.9 Å². The average molecular weight is 333 g/mol. The smallest absolute Gasteiger partial charge is 0.265 e. The fourth-order valence-electron chi connectivity index (χ4n) is 2.04. The van der Waals surface area contributed by atoms with Gasteiger partial charge in [-0.2, -0.15) is 0 Å². The summed E-state index contributed by atoms with van der Waals surface area (Å²) in [5.41, 5.74) is 0.809. The Balaban J connectivity index is 2.20. The molecule has 0 bridgehead atoms. The van der Waals surface area contributed by atoms with Gasteiger partial charge in [-0.3, -0.25) is 4.79 Å². The van der Waals surface area contributed by atoms with E-state index in [0.29, 0.717) is 17.9 Å². The SMILES string of the molecule is CCCOc1cccc(C(=O)NS(=O)(=O)c2ccccc2C)c1. The average Bonchev–Trinajstić information content (AvgIpc) is 2.53. The van der Waals surface area contributed by atoms with Crippen molar-refractivity contribution in [3.63, 3.8) is 0 Å². The fraction of sp³-hybridized carbons (Fsp3) is 0.235. The van der Waals surface area contributed by atoms with E-state index in [9.17, 15) is 13.2 Å². The van der Waals surface area contributed by atoms with E-state index in [1.165, 1.54) is 12.1 Å². The minimum absolute atomic E-state index is 0.0896. The highest BCUT2D eigenvalue weighted by atomic mass is 32.2. The topological polar surface area (TPSA) is 72.5 Å². The molecule has 0 aromatic heterocycles. The first-order valence-corrected chi connectivity index (χ1v) is 8.78. The molecule has 1 amide bonds. The van der Waals surface area contributed by atoms with E-state index >= 15 is 0 Å². The number of amides is 1. The summed E-state index contributed by atoms with van der Waals surface area (Å²) in [6.07, 6.45) is 0.845. The monoisotopic (exact) mass is 333 g/mol. The van der Waals surface area contributed by atoms with E-state index in [1.807, 2.05) is 6.92 Å². The number of benzene rings is 2. The Hall–Kier alpha value is -2.34. The van der Waals surface area contributed by atoms with Crippen LogP contribution >= 0.6 is 0 Å². The third-order valence-corrected chi connectivity index (χ3v) is 4.67. The molecule has 0 unspecified atom stereocenters. The molecule has 0 aliphatic rings. The molecule has 23 heavy (non-hydrogen) atoms. The van der Waals surface area contributed by atoms with E-state index in [4.69, 9.17) is 4.74 Å². The normalized spacial score (nSPS) is 11.0. The molecular formula is C17H19NO4S. The summed E-state index contributed by atoms with van der Waals surface area (Å²) in [6, 6.07) is 12.9. The number of ether oxygens (including phenoxy) is 1. The first kappa shape index (κ1) is 17.0. The summed E-state index contributed by atoms with van der Waals surface area (Å²) in [5, 5.41) is 0. The highest BCUT2D eigenvalue weighted by Gasteiger charge is 2.20. The van der Waals surface area contributed by atoms with Gasteiger partial charge in [-0.05, 0) is 43.2 Å². The molecule has 0 spiro atoms. The molecule has 122 valence electrons. The van der Waals surface area contributed by atoms with E-state index in [2.05, 4.69) is 4.72 Å². The van der Waals surface area contributed by atoms with Crippen LogP contribution in [-0.4, -0.2) is 20.9 Å². The van der Waals surface area contributed by atoms with Crippen LogP contribution in [0.2, 0.25) is 0 Å². The molecule has 6 heteroatoms. The summed E-state index contributed by atoms with van der Waals surface area (Å²) >= 11 is 0. The number of sulfonamides is 1. The molecule has 0 aliphatic carbocycles. The van der Waals surface area contributed by atoms with Gasteiger partial charge in [0.15, 0.2) is 0 Å². The molecule has 1 N–H and O–H groups in total. The number of carbonyl (C=O) groups is 1. The van der Waals surface area contributed by atoms with E-state index in [1.54, 1.807) is 43.3 Å². The number of carbonyl (C=O) groups excluding carboxylic acids is 1. The molecule has 2 aromatic carbocycles. The summed E-state index contributed by atoms with van der Waals surface area (Å²) in [4.78, 5) is 12.3. The first-order valence-electron chi connectivity index (χ1n) is 7.29. The van der Waals surface area contributed by atoms with Crippen LogP contribution in [0.4, 0.5) is 0 Å². The largest absolute Gasteiger partial charge is 0.494 e. The lowest BCUT2D eigenvalue weighted by molar-refractivity contribution is 0.0981. The van der Waals surface area contributed by atoms with Crippen LogP contribution in [0.15, 0.2) is 53.4 Å². The molecule has 2 aromatic rings. The molecule has 0 fully saturated rings. The lowest BCUT2D eigenvalue weighted by atomic mass is 10.2. The minimum Gasteiger partial charge on any atom is -0.494 e. The fourth-order valence-corrected chi connectivity index (χ4v) is 3.26. The maximum atomic E-state index is 12.3. The zero-order valence-corrected chi connectivity index (χ0v) is 13.9. The highest BCUT2D eigenvalue weighted by molar-refractivity contribution is 7.90. The number of rotatable bonds is 6. The van der Waals surface area contributed by atoms with Gasteiger partial charge in [0.1, 0.15) is 5.75 Å². The van der Waals surface area contributed by atoms with E-state index < -0.39 is 15.9 Å². The standard InChI is InChI=1S/C17H19NO4S/c1-3-11-22-15-9-6-8-14(12-15)17(19)18-23(20,21)16-10-5-4-7-13(16)2/h4-10,12H,3,11H2,1-2H3,(H,18,19). The molecule has 0 aliphatic heterocycles. The summed E-state index contributed by atoms with van der Waals surface area (Å²) in [7, 11) is -3.91. The molecule has 0 saturated heterocycles. The van der Waals surface area contributed by atoms with Crippen molar-refractivity contribution in [1.29, 1.82) is 0 Å². The van der Waals surface area contributed by atoms with Crippen molar-refractivity contribution < 1.29 is 17.9 Å². The van der Waals surface area contributed by atoms with Crippen LogP contribution < -0.4 is 9.46 Å². The Morgan fingerprint density at radius 1 is 1.13 bits per heavy atom. The van der Waals surface area contributed by atoms with Crippen LogP contribution in [0.25, 0.3) is 0 Å². The van der Waals surface area contributed by atoms with Crippen LogP contribution in [0.3, 0.4) is 0 Å². The third kappa shape index (κ3) is 4.32. The predicted octanol–water partition coefficient (Wildman–Crippen LogP) is 2.90. The van der Waals surface area contributed by atoms with Crippen LogP contribution in [-0.2, 0) is 10.0 Å². The van der Waals surface area contributed by atoms with Crippen molar-refractivity contribution in [3.05, 3.63) is 59.7 Å². The maximum Gasteiger partial charge on any atom is 0.265 e. The van der Waals surface area contributed by atoms with Crippen molar-refractivity contribution >= 4 is 15.9 Å². The Morgan fingerprint density at radius 3 is 2.57 bits per heavy atom. The quantitative estimate of drug-likeness (QED) is 0.882. The van der Waals surface area contributed by atoms with E-state index in [-0.39, 0.29) is 10.5 Å². The predicted molar refractivity (Wildman–Crippen MR) is 88.1 cm³/mol. The molecule has 0 saturated carbocycles. The van der Waals surface area contributed by atoms with Gasteiger partial charge < -0.3 is 4.74 Å². The van der Waals surface area contributed by atoms with Crippen molar-refractivity contribution in [2.45, 2.75) is 25.2 Å². The van der Waals surface area contributed by atoms with Crippen LogP contribution in [0.5, 0.6) is 5.75 Å². The van der Waals surface area contributed by atoms with Crippen LogP contribution in [0, 0.1) is 6.92 Å². The van der Waals surface area contributed by atoms with Gasteiger partial charge in [-0.15, -0.1) is 0 Å². The van der Waals surface area contributed by atoms with E-state index in [0.717, 1.165) is 6.42 Å². The zero-order valence-electron chi connectivity index (χ0n) is 13.1. The third-order valence-electron chi connectivity index (χ3n) is 3.18. The second-order valence-corrected chi connectivity index (χ2v) is 6.73. The Kier molecular flexibility index (Phi) is 5.39. The molecule has 0 atom stereocenters. The van der Waals surface area contributed by atoms with Crippen molar-refractivity contribution in [2.75, 3.05) is 6.61 Å². The number of aryl methyl sites for hydroxylation is 1. The van der Waals surface area contributed by atoms with Crippen molar-refractivity contribution in [1.82, 2.24) is 4.72 Å². The Bertz CT molecular complexity index is 800. The lowest BCUT2D eigenvalue weighted by Crippen LogP contribution is -2.31. The number of nitrogens with one attached hydrogen (secondary N) is 1. The summed E-state index contributed by atoms with van der Waals surface area (Å²) in [6.45, 7) is 4.19. The zero-order chi connectivity index (χ0) is 16.9. The van der Waals surface area contributed by atoms with Gasteiger partial charge in [-0.25, -0.2) is 13.1 Å². The summed E-state index contributed by atoms with van der Waals surface area (Å²) < 4.78 is 32.2. The van der Waals surface area contributed by atoms with Gasteiger partial charge in [0.2, 0.25) is 0 Å². The van der Waals surface area contributed by atoms with Gasteiger partial charge in [0, 0.05) is 5.56 Å². The molecule has 5 nitrogen and oxygen atoms in total. The van der Waals surface area contributed by atoms with Crippen molar-refractivity contribution in [3.8, 4) is 5.75 Å². The molecule has 0 radical (unpaired) electrons. The minimum atomic E-state index is -3.91. The van der Waals surface area contributed by atoms with Gasteiger partial charge >= 0.3 is 0 Å².